The van der Waals surface area contributed by atoms with Gasteiger partial charge in [-0.1, -0.05) is 57.2 Å². The molecule has 2 heterocycles. The number of carbonyl (C=O) groups is 3. The van der Waals surface area contributed by atoms with Crippen molar-refractivity contribution in [2.45, 2.75) is 57.3 Å². The van der Waals surface area contributed by atoms with Gasteiger partial charge in [-0.25, -0.2) is 14.4 Å². The lowest BCUT2D eigenvalue weighted by Crippen LogP contribution is -2.29. The molecule has 224 valence electrons. The van der Waals surface area contributed by atoms with Gasteiger partial charge in [-0.05, 0) is 99.0 Å². The summed E-state index contributed by atoms with van der Waals surface area (Å²) < 4.78 is 17.9. The molecule has 10 heteroatoms. The second-order valence-electron chi connectivity index (χ2n) is 10.7. The molecule has 43 heavy (non-hydrogen) atoms. The van der Waals surface area contributed by atoms with Crippen LogP contribution in [0.2, 0.25) is 0 Å². The van der Waals surface area contributed by atoms with Crippen LogP contribution in [-0.4, -0.2) is 41.3 Å². The van der Waals surface area contributed by atoms with Gasteiger partial charge in [0.25, 0.3) is 0 Å². The van der Waals surface area contributed by atoms with E-state index in [0.717, 1.165) is 33.5 Å². The highest BCUT2D eigenvalue weighted by atomic mass is 32.9. The molecule has 0 spiro atoms. The van der Waals surface area contributed by atoms with E-state index in [4.69, 9.17) is 26.4 Å². The summed E-state index contributed by atoms with van der Waals surface area (Å²) in [5.41, 5.74) is 1.06. The molecule has 7 nitrogen and oxygen atoms in total. The van der Waals surface area contributed by atoms with Crippen LogP contribution in [0, 0.1) is 15.7 Å². The number of benzene rings is 2. The van der Waals surface area contributed by atoms with Gasteiger partial charge in [-0.2, -0.15) is 0 Å². The topological polar surface area (TPSA) is 99.1 Å². The van der Waals surface area contributed by atoms with E-state index in [0.29, 0.717) is 18.6 Å². The van der Waals surface area contributed by atoms with Gasteiger partial charge in [0.2, 0.25) is 0 Å². The number of esters is 3. The van der Waals surface area contributed by atoms with Gasteiger partial charge in [0.15, 0.2) is 0 Å². The normalized spacial score (nSPS) is 25.6. The summed E-state index contributed by atoms with van der Waals surface area (Å²) in [6, 6.07) is 15.3. The van der Waals surface area contributed by atoms with Crippen molar-refractivity contribution < 1.29 is 33.7 Å². The van der Waals surface area contributed by atoms with Crippen LogP contribution in [0.5, 0.6) is 5.75 Å². The van der Waals surface area contributed by atoms with Crippen LogP contribution < -0.4 is 4.74 Å². The van der Waals surface area contributed by atoms with E-state index in [1.165, 1.54) is 34.6 Å². The Kier molecular flexibility index (Phi) is 10.3. The van der Waals surface area contributed by atoms with Crippen LogP contribution in [0.1, 0.15) is 59.7 Å². The smallest absolute Gasteiger partial charge is 0.344 e. The van der Waals surface area contributed by atoms with Crippen molar-refractivity contribution in [3.8, 4) is 16.2 Å². The molecule has 0 unspecified atom stereocenters. The molecule has 0 radical (unpaired) electrons. The zero-order chi connectivity index (χ0) is 30.3. The lowest BCUT2D eigenvalue weighted by atomic mass is 9.89. The predicted molar refractivity (Wildman–Crippen MR) is 169 cm³/mol. The fourth-order valence-corrected chi connectivity index (χ4v) is 7.86. The third-order valence-electron chi connectivity index (χ3n) is 7.59. The van der Waals surface area contributed by atoms with Crippen molar-refractivity contribution in [2.75, 3.05) is 0 Å². The van der Waals surface area contributed by atoms with E-state index in [1.54, 1.807) is 34.6 Å². The molecular formula is C33H32O7S3. The second kappa shape index (κ2) is 14.4. The Morgan fingerprint density at radius 2 is 1.74 bits per heavy atom. The molecule has 1 fully saturated rings. The number of ether oxygens (including phenoxy) is 3. The molecule has 0 amide bonds. The average Bonchev–Trinajstić information content (AvgIpc) is 3.59. The minimum absolute atomic E-state index is 0.0394. The standard InChI is InChI=1S/C33H32O7S3/c1-20-7-3-2-4-8-22-17-23(34)18-27(22)28(15-16-30(35)38-20)40-33(37)26-10-6-5-9-25(26)32(36)39-24-13-11-21(12-14-24)29-19-31(41)43-42-29/h4-6,8-16,19-20,22-23,27-28,34H,2-3,7,17-18H2,1H3/b8-4+,16-15+/t20-,22+,23-,27+,28+/m0/s1. The van der Waals surface area contributed by atoms with Crippen LogP contribution >= 0.6 is 32.9 Å². The summed E-state index contributed by atoms with van der Waals surface area (Å²) in [6.45, 7) is 1.85. The summed E-state index contributed by atoms with van der Waals surface area (Å²) in [5.74, 6) is -1.91. The minimum atomic E-state index is -0.826. The van der Waals surface area contributed by atoms with E-state index in [2.05, 4.69) is 12.2 Å². The minimum Gasteiger partial charge on any atom is -0.460 e. The number of aliphatic hydroxyl groups is 1. The number of hydrogen-bond donors (Lipinski definition) is 1. The van der Waals surface area contributed by atoms with E-state index >= 15 is 0 Å². The van der Waals surface area contributed by atoms with E-state index < -0.39 is 30.1 Å². The molecule has 3 aromatic rings. The lowest BCUT2D eigenvalue weighted by Gasteiger charge is -2.25. The van der Waals surface area contributed by atoms with Crippen LogP contribution in [0.25, 0.3) is 10.4 Å². The molecule has 1 N–H and O–H groups in total. The molecular weight excluding hydrogens is 605 g/mol. The van der Waals surface area contributed by atoms with E-state index in [1.807, 2.05) is 25.1 Å². The first-order valence-corrected chi connectivity index (χ1v) is 16.8. The number of fused-ring (bicyclic) bond motifs is 1. The predicted octanol–water partition coefficient (Wildman–Crippen LogP) is 7.57. The monoisotopic (exact) mass is 636 g/mol. The molecule has 5 rings (SSSR count). The van der Waals surface area contributed by atoms with Crippen LogP contribution in [0.4, 0.5) is 0 Å². The highest BCUT2D eigenvalue weighted by molar-refractivity contribution is 7.80. The van der Waals surface area contributed by atoms with Crippen molar-refractivity contribution in [1.29, 1.82) is 0 Å². The summed E-state index contributed by atoms with van der Waals surface area (Å²) in [5, 5.41) is 10.5. The second-order valence-corrected chi connectivity index (χ2v) is 13.7. The molecule has 2 aromatic carbocycles. The maximum absolute atomic E-state index is 13.6. The number of rotatable bonds is 5. The number of aliphatic hydroxyl groups excluding tert-OH is 1. The zero-order valence-corrected chi connectivity index (χ0v) is 26.0. The van der Waals surface area contributed by atoms with Gasteiger partial charge in [0, 0.05) is 16.9 Å². The van der Waals surface area contributed by atoms with Crippen molar-refractivity contribution >= 4 is 50.8 Å². The highest BCUT2D eigenvalue weighted by Gasteiger charge is 2.38. The largest absolute Gasteiger partial charge is 0.460 e. The van der Waals surface area contributed by atoms with Crippen LogP contribution in [0.15, 0.2) is 78.9 Å². The molecule has 0 bridgehead atoms. The van der Waals surface area contributed by atoms with Crippen molar-refractivity contribution in [3.05, 3.63) is 93.9 Å². The Balaban J connectivity index is 1.35. The Bertz CT molecular complexity index is 1570. The van der Waals surface area contributed by atoms with E-state index in [-0.39, 0.29) is 29.1 Å². The molecule has 0 saturated heterocycles. The first-order chi connectivity index (χ1) is 20.8. The average molecular weight is 637 g/mol. The third-order valence-corrected chi connectivity index (χ3v) is 10.5. The molecule has 1 aromatic heterocycles. The maximum atomic E-state index is 13.6. The first-order valence-electron chi connectivity index (χ1n) is 14.2. The molecule has 1 saturated carbocycles. The summed E-state index contributed by atoms with van der Waals surface area (Å²) in [7, 11) is 3.11. The first kappa shape index (κ1) is 31.0. The summed E-state index contributed by atoms with van der Waals surface area (Å²) in [6.07, 6.45) is 8.72. The number of cyclic esters (lactones) is 1. The van der Waals surface area contributed by atoms with Crippen LogP contribution in [0.3, 0.4) is 0 Å². The van der Waals surface area contributed by atoms with Crippen LogP contribution in [-0.2, 0) is 14.3 Å². The molecule has 2 aliphatic rings. The fraction of sp³-hybridized carbons (Fsp3) is 0.333. The fourth-order valence-electron chi connectivity index (χ4n) is 5.45. The Hall–Kier alpha value is -3.44. The summed E-state index contributed by atoms with van der Waals surface area (Å²) in [4.78, 5) is 40.3. The van der Waals surface area contributed by atoms with Crippen molar-refractivity contribution in [2.24, 2.45) is 11.8 Å². The van der Waals surface area contributed by atoms with Gasteiger partial charge < -0.3 is 19.3 Å². The summed E-state index contributed by atoms with van der Waals surface area (Å²) >= 11 is 5.21. The quantitative estimate of drug-likeness (QED) is 0.101. The lowest BCUT2D eigenvalue weighted by molar-refractivity contribution is -0.142. The SMILES string of the molecule is C[C@H]1CCC/C=C/[C@@H]2C[C@H](O)C[C@H]2[C@H](OC(=O)c2ccccc2C(=O)Oc2ccc(-c3cc(=S)ss3)cc2)/C=C/C(=O)O1. The number of allylic oxidation sites excluding steroid dienone is 2. The highest BCUT2D eigenvalue weighted by Crippen LogP contribution is 2.38. The third kappa shape index (κ3) is 8.14. The van der Waals surface area contributed by atoms with Gasteiger partial charge in [0.05, 0.1) is 23.3 Å². The Morgan fingerprint density at radius 3 is 2.47 bits per heavy atom. The maximum Gasteiger partial charge on any atom is 0.344 e. The molecule has 1 aliphatic heterocycles. The zero-order valence-electron chi connectivity index (χ0n) is 23.5. The van der Waals surface area contributed by atoms with E-state index in [9.17, 15) is 19.5 Å². The molecule has 1 aliphatic carbocycles. The van der Waals surface area contributed by atoms with Gasteiger partial charge in [0.1, 0.15) is 15.7 Å². The number of hydrogen-bond acceptors (Lipinski definition) is 10. The Labute approximate surface area is 262 Å². The van der Waals surface area contributed by atoms with Gasteiger partial charge in [-0.15, -0.1) is 0 Å². The Morgan fingerprint density at radius 1 is 1.00 bits per heavy atom. The van der Waals surface area contributed by atoms with Crippen molar-refractivity contribution in [1.82, 2.24) is 0 Å². The molecule has 5 atom stereocenters. The van der Waals surface area contributed by atoms with Gasteiger partial charge in [-0.3, -0.25) is 0 Å². The number of carbonyl (C=O) groups excluding carboxylic acids is 3. The van der Waals surface area contributed by atoms with Crippen molar-refractivity contribution in [3.63, 3.8) is 0 Å². The van der Waals surface area contributed by atoms with Gasteiger partial charge >= 0.3 is 17.9 Å².